The summed E-state index contributed by atoms with van der Waals surface area (Å²) in [4.78, 5) is 2.66. The Labute approximate surface area is 90.5 Å². The lowest BCUT2D eigenvalue weighted by Crippen LogP contribution is -1.96. The molecule has 0 saturated carbocycles. The third kappa shape index (κ3) is 6.55. The van der Waals surface area contributed by atoms with Crippen LogP contribution in [0.25, 0.3) is 10.4 Å². The van der Waals surface area contributed by atoms with Gasteiger partial charge in [0.1, 0.15) is 0 Å². The Bertz CT molecular complexity index is 294. The second-order valence-electron chi connectivity index (χ2n) is 2.85. The van der Waals surface area contributed by atoms with Crippen molar-refractivity contribution in [2.75, 3.05) is 13.2 Å². The molecule has 0 aliphatic rings. The molecule has 0 aromatic heterocycles. The molecule has 0 N–H and O–H groups in total. The van der Waals surface area contributed by atoms with Crippen LogP contribution in [0, 0.1) is 0 Å². The zero-order chi connectivity index (χ0) is 10.1. The van der Waals surface area contributed by atoms with E-state index in [-0.39, 0.29) is 7.43 Å². The Morgan fingerprint density at radius 2 is 2.00 bits per heavy atom. The Morgan fingerprint density at radius 3 is 2.67 bits per heavy atom. The molecule has 15 heavy (non-hydrogen) atoms. The standard InChI is InChI=1S/C10H13N3O.CH4/c11-13-12-7-4-8-14-9-10-5-2-1-3-6-10;/h1-3,5-6H,4,7-9H2;1H4. The third-order valence-corrected chi connectivity index (χ3v) is 1.72. The van der Waals surface area contributed by atoms with Crippen LogP contribution in [0.15, 0.2) is 35.4 Å². The van der Waals surface area contributed by atoms with Crippen molar-refractivity contribution < 1.29 is 4.74 Å². The minimum Gasteiger partial charge on any atom is -0.377 e. The van der Waals surface area contributed by atoms with Gasteiger partial charge in [-0.15, -0.1) is 0 Å². The summed E-state index contributed by atoms with van der Waals surface area (Å²) in [5.74, 6) is 0. The van der Waals surface area contributed by atoms with Crippen molar-refractivity contribution in [1.82, 2.24) is 0 Å². The fraction of sp³-hybridized carbons (Fsp3) is 0.455. The predicted molar refractivity (Wildman–Crippen MR) is 61.5 cm³/mol. The highest BCUT2D eigenvalue weighted by Gasteiger charge is 1.90. The first-order valence-electron chi connectivity index (χ1n) is 4.56. The molecule has 0 bridgehead atoms. The van der Waals surface area contributed by atoms with Gasteiger partial charge in [-0.3, -0.25) is 0 Å². The number of nitrogens with zero attached hydrogens (tertiary/aromatic N) is 3. The monoisotopic (exact) mass is 207 g/mol. The molecular formula is C11H17N3O. The van der Waals surface area contributed by atoms with Crippen molar-refractivity contribution in [3.63, 3.8) is 0 Å². The van der Waals surface area contributed by atoms with Gasteiger partial charge >= 0.3 is 0 Å². The average molecular weight is 207 g/mol. The minimum absolute atomic E-state index is 0. The van der Waals surface area contributed by atoms with Gasteiger partial charge in [-0.25, -0.2) is 0 Å². The van der Waals surface area contributed by atoms with E-state index in [1.165, 1.54) is 0 Å². The number of rotatable bonds is 6. The second kappa shape index (κ2) is 9.06. The first kappa shape index (κ1) is 13.5. The molecular weight excluding hydrogens is 190 g/mol. The van der Waals surface area contributed by atoms with Gasteiger partial charge in [0.2, 0.25) is 0 Å². The molecule has 0 aliphatic carbocycles. The molecule has 0 radical (unpaired) electrons. The van der Waals surface area contributed by atoms with E-state index in [4.69, 9.17) is 10.3 Å². The summed E-state index contributed by atoms with van der Waals surface area (Å²) in [5, 5.41) is 3.42. The molecule has 4 nitrogen and oxygen atoms in total. The first-order valence-corrected chi connectivity index (χ1v) is 4.56. The van der Waals surface area contributed by atoms with Crippen LogP contribution in [0.4, 0.5) is 0 Å². The van der Waals surface area contributed by atoms with Gasteiger partial charge in [0.15, 0.2) is 0 Å². The van der Waals surface area contributed by atoms with Crippen LogP contribution in [0.2, 0.25) is 0 Å². The molecule has 82 valence electrons. The Kier molecular flexibility index (Phi) is 8.15. The molecule has 0 atom stereocenters. The van der Waals surface area contributed by atoms with Crippen molar-refractivity contribution in [2.45, 2.75) is 20.5 Å². The molecule has 1 rings (SSSR count). The number of benzene rings is 1. The van der Waals surface area contributed by atoms with E-state index in [2.05, 4.69) is 10.0 Å². The Morgan fingerprint density at radius 1 is 1.27 bits per heavy atom. The molecule has 4 heteroatoms. The van der Waals surface area contributed by atoms with Gasteiger partial charge in [-0.1, -0.05) is 42.9 Å². The number of hydrogen-bond acceptors (Lipinski definition) is 2. The van der Waals surface area contributed by atoms with Crippen LogP contribution in [-0.4, -0.2) is 13.2 Å². The van der Waals surface area contributed by atoms with Gasteiger partial charge in [0.05, 0.1) is 6.61 Å². The molecule has 0 amide bonds. The average Bonchev–Trinajstić information content (AvgIpc) is 2.25. The van der Waals surface area contributed by atoms with E-state index in [0.717, 1.165) is 12.0 Å². The maximum Gasteiger partial charge on any atom is 0.0716 e. The molecule has 0 heterocycles. The van der Waals surface area contributed by atoms with Crippen molar-refractivity contribution >= 4 is 0 Å². The summed E-state index contributed by atoms with van der Waals surface area (Å²) in [6, 6.07) is 9.99. The molecule has 0 aliphatic heterocycles. The summed E-state index contributed by atoms with van der Waals surface area (Å²) in [6.07, 6.45) is 0.775. The zero-order valence-electron chi connectivity index (χ0n) is 7.97. The predicted octanol–water partition coefficient (Wildman–Crippen LogP) is 3.54. The van der Waals surface area contributed by atoms with Crippen molar-refractivity contribution in [3.05, 3.63) is 46.3 Å². The molecule has 0 unspecified atom stereocenters. The smallest absolute Gasteiger partial charge is 0.0716 e. The highest BCUT2D eigenvalue weighted by atomic mass is 16.5. The van der Waals surface area contributed by atoms with Crippen LogP contribution in [-0.2, 0) is 11.3 Å². The summed E-state index contributed by atoms with van der Waals surface area (Å²) in [7, 11) is 0. The molecule has 0 fully saturated rings. The SMILES string of the molecule is C.[N-]=[N+]=NCCCOCc1ccccc1. The normalized spacial score (nSPS) is 8.80. The summed E-state index contributed by atoms with van der Waals surface area (Å²) in [5.41, 5.74) is 9.18. The van der Waals surface area contributed by atoms with Crippen molar-refractivity contribution in [3.8, 4) is 0 Å². The third-order valence-electron chi connectivity index (χ3n) is 1.72. The van der Waals surface area contributed by atoms with Crippen molar-refractivity contribution in [1.29, 1.82) is 0 Å². The van der Waals surface area contributed by atoms with Gasteiger partial charge < -0.3 is 4.74 Å². The lowest BCUT2D eigenvalue weighted by atomic mass is 10.2. The van der Waals surface area contributed by atoms with Gasteiger partial charge in [-0.05, 0) is 17.5 Å². The Hall–Kier alpha value is -1.51. The lowest BCUT2D eigenvalue weighted by Gasteiger charge is -2.02. The molecule has 1 aromatic carbocycles. The summed E-state index contributed by atoms with van der Waals surface area (Å²) in [6.45, 7) is 1.76. The number of hydrogen-bond donors (Lipinski definition) is 0. The molecule has 1 aromatic rings. The van der Waals surface area contributed by atoms with Crippen LogP contribution < -0.4 is 0 Å². The minimum atomic E-state index is 0. The van der Waals surface area contributed by atoms with E-state index in [1.54, 1.807) is 0 Å². The summed E-state index contributed by atoms with van der Waals surface area (Å²) >= 11 is 0. The van der Waals surface area contributed by atoms with E-state index in [0.29, 0.717) is 19.8 Å². The first-order chi connectivity index (χ1) is 6.93. The van der Waals surface area contributed by atoms with Crippen molar-refractivity contribution in [2.24, 2.45) is 5.11 Å². The van der Waals surface area contributed by atoms with E-state index >= 15 is 0 Å². The highest BCUT2D eigenvalue weighted by molar-refractivity contribution is 5.13. The Balaban J connectivity index is 0.00000196. The fourth-order valence-electron chi connectivity index (χ4n) is 1.05. The summed E-state index contributed by atoms with van der Waals surface area (Å²) < 4.78 is 5.38. The van der Waals surface area contributed by atoms with Gasteiger partial charge in [-0.2, -0.15) is 0 Å². The maximum atomic E-state index is 8.02. The molecule has 0 spiro atoms. The largest absolute Gasteiger partial charge is 0.377 e. The maximum absolute atomic E-state index is 8.02. The van der Waals surface area contributed by atoms with E-state index in [9.17, 15) is 0 Å². The highest BCUT2D eigenvalue weighted by Crippen LogP contribution is 2.00. The zero-order valence-corrected chi connectivity index (χ0v) is 7.97. The van der Waals surface area contributed by atoms with Crippen LogP contribution >= 0.6 is 0 Å². The van der Waals surface area contributed by atoms with Gasteiger partial charge in [0, 0.05) is 18.1 Å². The number of azide groups is 1. The van der Waals surface area contributed by atoms with Crippen LogP contribution in [0.1, 0.15) is 19.4 Å². The number of ether oxygens (including phenoxy) is 1. The van der Waals surface area contributed by atoms with E-state index in [1.807, 2.05) is 30.3 Å². The topological polar surface area (TPSA) is 58.0 Å². The van der Waals surface area contributed by atoms with Gasteiger partial charge in [0.25, 0.3) is 0 Å². The second-order valence-corrected chi connectivity index (χ2v) is 2.85. The van der Waals surface area contributed by atoms with Crippen LogP contribution in [0.3, 0.4) is 0 Å². The van der Waals surface area contributed by atoms with Crippen LogP contribution in [0.5, 0.6) is 0 Å². The fourth-order valence-corrected chi connectivity index (χ4v) is 1.05. The lowest BCUT2D eigenvalue weighted by molar-refractivity contribution is 0.120. The molecule has 0 saturated heterocycles. The quantitative estimate of drug-likeness (QED) is 0.304. The van der Waals surface area contributed by atoms with E-state index < -0.39 is 0 Å².